The molecule has 1 unspecified atom stereocenters. The van der Waals surface area contributed by atoms with Crippen LogP contribution in [0.3, 0.4) is 0 Å². The molecule has 0 saturated heterocycles. The molecule has 2 aromatic heterocycles. The van der Waals surface area contributed by atoms with E-state index in [1.165, 1.54) is 6.20 Å². The van der Waals surface area contributed by atoms with Crippen LogP contribution >= 0.6 is 11.3 Å². The van der Waals surface area contributed by atoms with Crippen LogP contribution < -0.4 is 5.32 Å². The van der Waals surface area contributed by atoms with Crippen molar-refractivity contribution in [1.82, 2.24) is 15.3 Å². The van der Waals surface area contributed by atoms with Crippen molar-refractivity contribution in [3.63, 3.8) is 0 Å². The molecule has 0 radical (unpaired) electrons. The first kappa shape index (κ1) is 14.2. The smallest absolute Gasteiger partial charge is 0.270 e. The number of carbonyl (C=O) groups is 1. The van der Waals surface area contributed by atoms with Crippen LogP contribution in [-0.2, 0) is 0 Å². The summed E-state index contributed by atoms with van der Waals surface area (Å²) < 4.78 is 0. The van der Waals surface area contributed by atoms with E-state index in [-0.39, 0.29) is 11.9 Å². The number of nitriles is 1. The molecule has 20 heavy (non-hydrogen) atoms. The van der Waals surface area contributed by atoms with Crippen molar-refractivity contribution < 1.29 is 4.79 Å². The van der Waals surface area contributed by atoms with E-state index in [9.17, 15) is 4.79 Å². The third-order valence-corrected chi connectivity index (χ3v) is 4.06. The molecule has 2 aromatic rings. The van der Waals surface area contributed by atoms with Crippen molar-refractivity contribution in [2.24, 2.45) is 0 Å². The molecule has 1 amide bonds. The zero-order valence-electron chi connectivity index (χ0n) is 11.5. The second-order valence-electron chi connectivity index (χ2n) is 4.42. The highest BCUT2D eigenvalue weighted by atomic mass is 32.1. The normalized spacial score (nSPS) is 11.7. The lowest BCUT2D eigenvalue weighted by atomic mass is 10.2. The predicted octanol–water partition coefficient (Wildman–Crippen LogP) is 2.52. The first-order valence-electron chi connectivity index (χ1n) is 6.12. The molecular weight excluding hydrogens is 272 g/mol. The summed E-state index contributed by atoms with van der Waals surface area (Å²) in [5.41, 5.74) is 1.67. The SMILES string of the molecule is Cc1nc(C)c(C(C)NC(=O)c2ccc(C#N)cn2)s1. The van der Waals surface area contributed by atoms with Gasteiger partial charge >= 0.3 is 0 Å². The first-order chi connectivity index (χ1) is 9.51. The Bertz CT molecular complexity index is 669. The molecule has 1 atom stereocenters. The highest BCUT2D eigenvalue weighted by Crippen LogP contribution is 2.24. The summed E-state index contributed by atoms with van der Waals surface area (Å²) in [7, 11) is 0. The first-order valence-corrected chi connectivity index (χ1v) is 6.94. The van der Waals surface area contributed by atoms with E-state index < -0.39 is 0 Å². The number of amides is 1. The number of nitrogens with one attached hydrogen (secondary N) is 1. The van der Waals surface area contributed by atoms with Crippen molar-refractivity contribution in [3.8, 4) is 6.07 Å². The summed E-state index contributed by atoms with van der Waals surface area (Å²) in [4.78, 5) is 21.4. The molecule has 5 nitrogen and oxygen atoms in total. The number of pyridine rings is 1. The third-order valence-electron chi connectivity index (χ3n) is 2.81. The molecule has 0 saturated carbocycles. The fourth-order valence-electron chi connectivity index (χ4n) is 1.88. The van der Waals surface area contributed by atoms with Crippen LogP contribution in [0, 0.1) is 25.2 Å². The molecule has 0 aliphatic carbocycles. The number of aryl methyl sites for hydroxylation is 2. The van der Waals surface area contributed by atoms with Crippen LogP contribution in [0.4, 0.5) is 0 Å². The molecule has 0 spiro atoms. The fraction of sp³-hybridized carbons (Fsp3) is 0.286. The molecule has 0 aliphatic rings. The Hall–Kier alpha value is -2.26. The number of hydrogen-bond acceptors (Lipinski definition) is 5. The number of hydrogen-bond donors (Lipinski definition) is 1. The fourth-order valence-corrected chi connectivity index (χ4v) is 2.81. The summed E-state index contributed by atoms with van der Waals surface area (Å²) in [6.45, 7) is 5.79. The van der Waals surface area contributed by atoms with Crippen LogP contribution in [-0.4, -0.2) is 15.9 Å². The van der Waals surface area contributed by atoms with Gasteiger partial charge in [-0.05, 0) is 32.9 Å². The van der Waals surface area contributed by atoms with E-state index in [1.54, 1.807) is 23.5 Å². The van der Waals surface area contributed by atoms with Crippen molar-refractivity contribution >= 4 is 17.2 Å². The van der Waals surface area contributed by atoms with Gasteiger partial charge in [0.2, 0.25) is 0 Å². The van der Waals surface area contributed by atoms with E-state index in [0.717, 1.165) is 15.6 Å². The number of thiazole rings is 1. The van der Waals surface area contributed by atoms with Crippen molar-refractivity contribution in [2.75, 3.05) is 0 Å². The lowest BCUT2D eigenvalue weighted by Gasteiger charge is -2.12. The lowest BCUT2D eigenvalue weighted by molar-refractivity contribution is 0.0935. The molecule has 2 heterocycles. The van der Waals surface area contributed by atoms with Crippen LogP contribution in [0.1, 0.15) is 44.6 Å². The molecule has 102 valence electrons. The van der Waals surface area contributed by atoms with Crippen LogP contribution in [0.25, 0.3) is 0 Å². The van der Waals surface area contributed by atoms with Gasteiger partial charge in [-0.15, -0.1) is 11.3 Å². The molecule has 0 fully saturated rings. The van der Waals surface area contributed by atoms with Gasteiger partial charge in [0.05, 0.1) is 22.3 Å². The van der Waals surface area contributed by atoms with Crippen molar-refractivity contribution in [1.29, 1.82) is 5.26 Å². The van der Waals surface area contributed by atoms with E-state index in [4.69, 9.17) is 5.26 Å². The number of rotatable bonds is 3. The van der Waals surface area contributed by atoms with Gasteiger partial charge in [-0.3, -0.25) is 4.79 Å². The van der Waals surface area contributed by atoms with Crippen LogP contribution in [0.5, 0.6) is 0 Å². The average molecular weight is 286 g/mol. The molecule has 0 aliphatic heterocycles. The maximum absolute atomic E-state index is 12.1. The maximum Gasteiger partial charge on any atom is 0.270 e. The molecule has 6 heteroatoms. The van der Waals surface area contributed by atoms with Gasteiger partial charge in [-0.2, -0.15) is 5.26 Å². The monoisotopic (exact) mass is 286 g/mol. The standard InChI is InChI=1S/C14H14N4OS/c1-8-13(20-10(3)17-8)9(2)18-14(19)12-5-4-11(6-15)7-16-12/h4-5,7,9H,1-3H3,(H,18,19). The summed E-state index contributed by atoms with van der Waals surface area (Å²) in [6, 6.07) is 4.97. The molecule has 1 N–H and O–H groups in total. The summed E-state index contributed by atoms with van der Waals surface area (Å²) in [5, 5.41) is 12.6. The minimum Gasteiger partial charge on any atom is -0.343 e. The molecule has 0 aromatic carbocycles. The van der Waals surface area contributed by atoms with E-state index >= 15 is 0 Å². The van der Waals surface area contributed by atoms with Gasteiger partial charge < -0.3 is 5.32 Å². The Morgan fingerprint density at radius 1 is 1.45 bits per heavy atom. The van der Waals surface area contributed by atoms with Gasteiger partial charge in [0.15, 0.2) is 0 Å². The van der Waals surface area contributed by atoms with E-state index in [1.807, 2.05) is 26.8 Å². The molecule has 2 rings (SSSR count). The maximum atomic E-state index is 12.1. The number of carbonyl (C=O) groups excluding carboxylic acids is 1. The predicted molar refractivity (Wildman–Crippen MR) is 76.4 cm³/mol. The van der Waals surface area contributed by atoms with Crippen molar-refractivity contribution in [2.45, 2.75) is 26.8 Å². The quantitative estimate of drug-likeness (QED) is 0.940. The van der Waals surface area contributed by atoms with Gasteiger partial charge in [0, 0.05) is 11.1 Å². The summed E-state index contributed by atoms with van der Waals surface area (Å²) in [5.74, 6) is -0.257. The van der Waals surface area contributed by atoms with E-state index in [0.29, 0.717) is 11.3 Å². The Kier molecular flexibility index (Phi) is 4.11. The second-order valence-corrected chi connectivity index (χ2v) is 5.66. The molecular formula is C14H14N4OS. The minimum atomic E-state index is -0.257. The second kappa shape index (κ2) is 5.80. The zero-order chi connectivity index (χ0) is 14.7. The van der Waals surface area contributed by atoms with Crippen molar-refractivity contribution in [3.05, 3.63) is 45.2 Å². The summed E-state index contributed by atoms with van der Waals surface area (Å²) in [6.07, 6.45) is 1.39. The van der Waals surface area contributed by atoms with Gasteiger partial charge in [0.25, 0.3) is 5.91 Å². The minimum absolute atomic E-state index is 0.119. The van der Waals surface area contributed by atoms with Gasteiger partial charge in [-0.25, -0.2) is 9.97 Å². The number of nitrogens with zero attached hydrogens (tertiary/aromatic N) is 3. The molecule has 0 bridgehead atoms. The highest BCUT2D eigenvalue weighted by molar-refractivity contribution is 7.11. The average Bonchev–Trinajstić information content (AvgIpc) is 2.78. The van der Waals surface area contributed by atoms with Crippen LogP contribution in [0.2, 0.25) is 0 Å². The topological polar surface area (TPSA) is 78.7 Å². The third kappa shape index (κ3) is 3.00. The Morgan fingerprint density at radius 2 is 2.20 bits per heavy atom. The highest BCUT2D eigenvalue weighted by Gasteiger charge is 2.16. The Balaban J connectivity index is 2.11. The number of aromatic nitrogens is 2. The Morgan fingerprint density at radius 3 is 2.70 bits per heavy atom. The largest absolute Gasteiger partial charge is 0.343 e. The van der Waals surface area contributed by atoms with Crippen LogP contribution in [0.15, 0.2) is 18.3 Å². The van der Waals surface area contributed by atoms with Gasteiger partial charge in [-0.1, -0.05) is 0 Å². The Labute approximate surface area is 121 Å². The zero-order valence-corrected chi connectivity index (χ0v) is 12.3. The van der Waals surface area contributed by atoms with Gasteiger partial charge in [0.1, 0.15) is 11.8 Å². The van der Waals surface area contributed by atoms with E-state index in [2.05, 4.69) is 15.3 Å². The summed E-state index contributed by atoms with van der Waals surface area (Å²) >= 11 is 1.58. The lowest BCUT2D eigenvalue weighted by Crippen LogP contribution is -2.27.